The van der Waals surface area contributed by atoms with Gasteiger partial charge in [-0.05, 0) is 65.9 Å². The van der Waals surface area contributed by atoms with E-state index in [1.54, 1.807) is 48.5 Å². The lowest BCUT2D eigenvalue weighted by atomic mass is 9.99. The molecule has 7 heteroatoms. The number of anilines is 1. The number of thiophene rings is 1. The number of aliphatic hydroxyl groups excluding tert-OH is 1. The number of nitrogens with zero attached hydrogens (tertiary/aromatic N) is 1. The van der Waals surface area contributed by atoms with Gasteiger partial charge in [0.25, 0.3) is 11.7 Å². The van der Waals surface area contributed by atoms with Crippen LogP contribution in [-0.2, 0) is 9.59 Å². The Bertz CT molecular complexity index is 1460. The summed E-state index contributed by atoms with van der Waals surface area (Å²) in [5.41, 5.74) is 0.986. The summed E-state index contributed by atoms with van der Waals surface area (Å²) in [5, 5.41) is 13.2. The Kier molecular flexibility index (Phi) is 7.29. The number of carbonyl (C=O) groups is 2. The van der Waals surface area contributed by atoms with Crippen molar-refractivity contribution in [3.05, 3.63) is 112 Å². The Hall–Kier alpha value is -4.36. The Morgan fingerprint density at radius 2 is 1.61 bits per heavy atom. The summed E-state index contributed by atoms with van der Waals surface area (Å²) >= 11 is 1.42. The van der Waals surface area contributed by atoms with Crippen molar-refractivity contribution in [3.8, 4) is 17.2 Å². The van der Waals surface area contributed by atoms with Crippen LogP contribution in [0.15, 0.2) is 102 Å². The molecule has 0 aliphatic carbocycles. The average molecular weight is 526 g/mol. The highest BCUT2D eigenvalue weighted by Crippen LogP contribution is 2.44. The topological polar surface area (TPSA) is 76.1 Å². The van der Waals surface area contributed by atoms with Crippen molar-refractivity contribution in [2.75, 3.05) is 11.5 Å². The molecule has 1 saturated heterocycles. The highest BCUT2D eigenvalue weighted by atomic mass is 32.1. The Balaban J connectivity index is 1.52. The Morgan fingerprint density at radius 1 is 0.895 bits per heavy atom. The molecule has 0 bridgehead atoms. The van der Waals surface area contributed by atoms with Crippen molar-refractivity contribution in [2.24, 2.45) is 5.92 Å². The first kappa shape index (κ1) is 25.3. The second kappa shape index (κ2) is 10.9. The summed E-state index contributed by atoms with van der Waals surface area (Å²) in [7, 11) is 0. The van der Waals surface area contributed by atoms with E-state index in [1.807, 2.05) is 61.7 Å². The van der Waals surface area contributed by atoms with E-state index >= 15 is 0 Å². The van der Waals surface area contributed by atoms with E-state index in [4.69, 9.17) is 9.47 Å². The van der Waals surface area contributed by atoms with Crippen molar-refractivity contribution in [2.45, 2.75) is 19.9 Å². The average Bonchev–Trinajstić information content (AvgIpc) is 3.55. The predicted octanol–water partition coefficient (Wildman–Crippen LogP) is 7.20. The fourth-order valence-corrected chi connectivity index (χ4v) is 5.09. The van der Waals surface area contributed by atoms with Gasteiger partial charge in [0.05, 0.1) is 12.2 Å². The van der Waals surface area contributed by atoms with Crippen LogP contribution in [0.1, 0.15) is 30.3 Å². The van der Waals surface area contributed by atoms with Gasteiger partial charge in [0.1, 0.15) is 29.0 Å². The number of hydrogen-bond donors (Lipinski definition) is 1. The SMILES string of the molecule is CC(C)COc1cccc(/C(O)=C2/C(=O)C(=O)N(c3ccc(Oc4ccccc4)cc3)C2c2cccs2)c1. The van der Waals surface area contributed by atoms with Crippen molar-refractivity contribution in [1.29, 1.82) is 0 Å². The number of benzene rings is 3. The number of amides is 1. The van der Waals surface area contributed by atoms with Crippen LogP contribution in [0, 0.1) is 5.92 Å². The zero-order valence-electron chi connectivity index (χ0n) is 21.0. The van der Waals surface area contributed by atoms with Gasteiger partial charge < -0.3 is 14.6 Å². The molecule has 1 fully saturated rings. The third-order valence-corrected chi connectivity index (χ3v) is 6.97. The van der Waals surface area contributed by atoms with E-state index < -0.39 is 17.7 Å². The third-order valence-electron chi connectivity index (χ3n) is 6.04. The molecule has 1 atom stereocenters. The molecule has 1 aliphatic rings. The smallest absolute Gasteiger partial charge is 0.300 e. The monoisotopic (exact) mass is 525 g/mol. The van der Waals surface area contributed by atoms with E-state index in [-0.39, 0.29) is 11.3 Å². The first-order valence-corrected chi connectivity index (χ1v) is 13.2. The second-order valence-corrected chi connectivity index (χ2v) is 10.3. The molecule has 0 saturated carbocycles. The molecule has 1 N–H and O–H groups in total. The van der Waals surface area contributed by atoms with Gasteiger partial charge >= 0.3 is 0 Å². The number of para-hydroxylation sites is 1. The van der Waals surface area contributed by atoms with Crippen molar-refractivity contribution in [1.82, 2.24) is 0 Å². The van der Waals surface area contributed by atoms with Crippen LogP contribution in [0.3, 0.4) is 0 Å². The number of aliphatic hydroxyl groups is 1. The minimum absolute atomic E-state index is 0.0445. The fourth-order valence-electron chi connectivity index (χ4n) is 4.27. The largest absolute Gasteiger partial charge is 0.507 e. The summed E-state index contributed by atoms with van der Waals surface area (Å²) in [6.45, 7) is 4.62. The van der Waals surface area contributed by atoms with Crippen molar-refractivity contribution in [3.63, 3.8) is 0 Å². The molecule has 192 valence electrons. The van der Waals surface area contributed by atoms with E-state index in [0.29, 0.717) is 41.0 Å². The van der Waals surface area contributed by atoms with Crippen LogP contribution in [0.25, 0.3) is 5.76 Å². The first-order valence-electron chi connectivity index (χ1n) is 12.3. The molecular formula is C31H27NO5S. The minimum atomic E-state index is -0.767. The number of hydrogen-bond acceptors (Lipinski definition) is 6. The number of ketones is 1. The van der Waals surface area contributed by atoms with E-state index in [2.05, 4.69) is 0 Å². The molecule has 5 rings (SSSR count). The molecule has 1 unspecified atom stereocenters. The van der Waals surface area contributed by atoms with Crippen LogP contribution in [-0.4, -0.2) is 23.4 Å². The van der Waals surface area contributed by atoms with Crippen LogP contribution < -0.4 is 14.4 Å². The van der Waals surface area contributed by atoms with Crippen LogP contribution >= 0.6 is 11.3 Å². The molecule has 2 heterocycles. The highest BCUT2D eigenvalue weighted by molar-refractivity contribution is 7.10. The molecule has 3 aromatic carbocycles. The van der Waals surface area contributed by atoms with Crippen molar-refractivity contribution >= 4 is 34.5 Å². The van der Waals surface area contributed by atoms with Gasteiger partial charge in [-0.2, -0.15) is 0 Å². The van der Waals surface area contributed by atoms with Crippen LogP contribution in [0.2, 0.25) is 0 Å². The van der Waals surface area contributed by atoms with E-state index in [0.717, 1.165) is 4.88 Å². The summed E-state index contributed by atoms with van der Waals surface area (Å²) in [4.78, 5) is 28.9. The number of ether oxygens (including phenoxy) is 2. The van der Waals surface area contributed by atoms with Gasteiger partial charge in [-0.15, -0.1) is 11.3 Å². The maximum atomic E-state index is 13.4. The van der Waals surface area contributed by atoms with Gasteiger partial charge in [0.15, 0.2) is 0 Å². The molecule has 0 spiro atoms. The third kappa shape index (κ3) is 5.19. The lowest BCUT2D eigenvalue weighted by molar-refractivity contribution is -0.132. The lowest BCUT2D eigenvalue weighted by Gasteiger charge is -2.24. The normalized spacial score (nSPS) is 16.7. The summed E-state index contributed by atoms with van der Waals surface area (Å²) in [6, 6.07) is 26.3. The molecule has 38 heavy (non-hydrogen) atoms. The fraction of sp³-hybridized carbons (Fsp3) is 0.161. The number of rotatable bonds is 8. The van der Waals surface area contributed by atoms with Gasteiger partial charge in [-0.25, -0.2) is 0 Å². The summed E-state index contributed by atoms with van der Waals surface area (Å²) in [6.07, 6.45) is 0. The molecule has 1 aromatic heterocycles. The van der Waals surface area contributed by atoms with Gasteiger partial charge in [-0.3, -0.25) is 14.5 Å². The lowest BCUT2D eigenvalue weighted by Crippen LogP contribution is -2.29. The van der Waals surface area contributed by atoms with Crippen molar-refractivity contribution < 1.29 is 24.2 Å². The maximum absolute atomic E-state index is 13.4. The van der Waals surface area contributed by atoms with Gasteiger partial charge in [-0.1, -0.05) is 50.2 Å². The zero-order chi connectivity index (χ0) is 26.6. The standard InChI is InChI=1S/C31H27NO5S/c1-20(2)19-36-25-11-6-8-21(18-25)29(33)27-28(26-12-7-17-38-26)32(31(35)30(27)34)22-13-15-24(16-14-22)37-23-9-4-3-5-10-23/h3-18,20,28,33H,19H2,1-2H3/b29-27-. The molecule has 1 aliphatic heterocycles. The molecule has 0 radical (unpaired) electrons. The number of Topliss-reactive ketones (excluding diaryl/α,β-unsaturated/α-hetero) is 1. The van der Waals surface area contributed by atoms with Crippen LogP contribution in [0.5, 0.6) is 17.2 Å². The van der Waals surface area contributed by atoms with Gasteiger partial charge in [0.2, 0.25) is 0 Å². The molecule has 6 nitrogen and oxygen atoms in total. The summed E-state index contributed by atoms with van der Waals surface area (Å²) < 4.78 is 11.7. The zero-order valence-corrected chi connectivity index (χ0v) is 21.9. The Labute approximate surface area is 225 Å². The quantitative estimate of drug-likeness (QED) is 0.150. The molecule has 1 amide bonds. The predicted molar refractivity (Wildman–Crippen MR) is 149 cm³/mol. The van der Waals surface area contributed by atoms with E-state index in [9.17, 15) is 14.7 Å². The van der Waals surface area contributed by atoms with Gasteiger partial charge in [0, 0.05) is 16.1 Å². The van der Waals surface area contributed by atoms with Crippen LogP contribution in [0.4, 0.5) is 5.69 Å². The second-order valence-electron chi connectivity index (χ2n) is 9.33. The minimum Gasteiger partial charge on any atom is -0.507 e. The summed E-state index contributed by atoms with van der Waals surface area (Å²) in [5.74, 6) is 0.539. The Morgan fingerprint density at radius 3 is 2.29 bits per heavy atom. The first-order chi connectivity index (χ1) is 18.4. The highest BCUT2D eigenvalue weighted by Gasteiger charge is 2.47. The number of carbonyl (C=O) groups excluding carboxylic acids is 2. The maximum Gasteiger partial charge on any atom is 0.300 e. The molecular weight excluding hydrogens is 498 g/mol. The van der Waals surface area contributed by atoms with E-state index in [1.165, 1.54) is 16.2 Å². The molecule has 4 aromatic rings.